The van der Waals surface area contributed by atoms with E-state index in [0.29, 0.717) is 0 Å². The van der Waals surface area contributed by atoms with Gasteiger partial charge in [-0.15, -0.1) is 24.8 Å². The number of hydrogen-bond donors (Lipinski definition) is 1. The predicted molar refractivity (Wildman–Crippen MR) is 88.4 cm³/mol. The molecule has 1 aromatic heterocycles. The highest BCUT2D eigenvalue weighted by Gasteiger charge is 1.94. The van der Waals surface area contributed by atoms with E-state index in [0.717, 1.165) is 6.54 Å². The van der Waals surface area contributed by atoms with E-state index < -0.39 is 0 Å². The van der Waals surface area contributed by atoms with Crippen molar-refractivity contribution < 1.29 is 0 Å². The molecular weight excluding hydrogens is 279 g/mol. The monoisotopic (exact) mass is 306 g/mol. The van der Waals surface area contributed by atoms with Gasteiger partial charge in [0.15, 0.2) is 0 Å². The first-order valence-corrected chi connectivity index (χ1v) is 7.02. The summed E-state index contributed by atoms with van der Waals surface area (Å²) in [6.07, 6.45) is 15.7. The Balaban J connectivity index is 0. The van der Waals surface area contributed by atoms with E-state index in [2.05, 4.69) is 17.1 Å². The molecule has 1 heterocycles. The van der Waals surface area contributed by atoms with Crippen LogP contribution in [0.25, 0.3) is 0 Å². The molecule has 112 valence electrons. The van der Waals surface area contributed by atoms with Gasteiger partial charge in [0.25, 0.3) is 0 Å². The molecule has 19 heavy (non-hydrogen) atoms. The third kappa shape index (κ3) is 12.5. The molecule has 0 aliphatic carbocycles. The van der Waals surface area contributed by atoms with Gasteiger partial charge in [0.05, 0.1) is 0 Å². The van der Waals surface area contributed by atoms with Crippen molar-refractivity contribution >= 4 is 24.8 Å². The molecule has 2 N–H and O–H groups in total. The highest BCUT2D eigenvalue weighted by molar-refractivity contribution is 5.85. The highest BCUT2D eigenvalue weighted by atomic mass is 35.5. The van der Waals surface area contributed by atoms with Gasteiger partial charge in [-0.05, 0) is 43.5 Å². The van der Waals surface area contributed by atoms with Gasteiger partial charge < -0.3 is 5.73 Å². The van der Waals surface area contributed by atoms with Crippen LogP contribution in [0.5, 0.6) is 0 Å². The fourth-order valence-corrected chi connectivity index (χ4v) is 2.08. The topological polar surface area (TPSA) is 38.9 Å². The van der Waals surface area contributed by atoms with E-state index in [4.69, 9.17) is 5.73 Å². The Morgan fingerprint density at radius 1 is 0.737 bits per heavy atom. The maximum Gasteiger partial charge on any atom is 0.0270 e. The molecule has 0 spiro atoms. The van der Waals surface area contributed by atoms with Crippen LogP contribution in [0.4, 0.5) is 0 Å². The number of nitrogens with two attached hydrogens (primary N) is 1. The van der Waals surface area contributed by atoms with Crippen molar-refractivity contribution in [3.05, 3.63) is 30.1 Å². The van der Waals surface area contributed by atoms with Crippen molar-refractivity contribution in [2.45, 2.75) is 57.8 Å². The van der Waals surface area contributed by atoms with Crippen molar-refractivity contribution in [3.63, 3.8) is 0 Å². The summed E-state index contributed by atoms with van der Waals surface area (Å²) in [6, 6.07) is 4.24. The molecule has 1 rings (SSSR count). The van der Waals surface area contributed by atoms with Crippen LogP contribution >= 0.6 is 24.8 Å². The van der Waals surface area contributed by atoms with Crippen LogP contribution in [0.1, 0.15) is 56.9 Å². The van der Waals surface area contributed by atoms with E-state index >= 15 is 0 Å². The molecule has 0 fully saturated rings. The molecule has 0 atom stereocenters. The molecule has 0 aromatic carbocycles. The smallest absolute Gasteiger partial charge is 0.0270 e. The predicted octanol–water partition coefficient (Wildman–Crippen LogP) is 4.55. The quantitative estimate of drug-likeness (QED) is 0.644. The first-order valence-electron chi connectivity index (χ1n) is 7.02. The number of nitrogens with zero attached hydrogens (tertiary/aromatic N) is 1. The summed E-state index contributed by atoms with van der Waals surface area (Å²) in [6.45, 7) is 0.853. The molecule has 0 radical (unpaired) electrons. The zero-order chi connectivity index (χ0) is 12.2. The molecular formula is C15H28Cl2N2. The van der Waals surface area contributed by atoms with Gasteiger partial charge in [-0.1, -0.05) is 38.5 Å². The van der Waals surface area contributed by atoms with Gasteiger partial charge in [-0.2, -0.15) is 0 Å². The molecule has 0 saturated carbocycles. The first-order chi connectivity index (χ1) is 8.43. The van der Waals surface area contributed by atoms with Gasteiger partial charge in [-0.3, -0.25) is 4.98 Å². The Hall–Kier alpha value is -0.310. The van der Waals surface area contributed by atoms with Gasteiger partial charge in [0.2, 0.25) is 0 Å². The van der Waals surface area contributed by atoms with Crippen molar-refractivity contribution in [2.24, 2.45) is 5.73 Å². The summed E-state index contributed by atoms with van der Waals surface area (Å²) in [4.78, 5) is 4.03. The summed E-state index contributed by atoms with van der Waals surface area (Å²) >= 11 is 0. The Labute approximate surface area is 130 Å². The van der Waals surface area contributed by atoms with Crippen LogP contribution in [-0.4, -0.2) is 11.5 Å². The largest absolute Gasteiger partial charge is 0.330 e. The van der Waals surface area contributed by atoms with Crippen molar-refractivity contribution in [2.75, 3.05) is 6.54 Å². The van der Waals surface area contributed by atoms with E-state index in [9.17, 15) is 0 Å². The fourth-order valence-electron chi connectivity index (χ4n) is 2.08. The molecule has 0 unspecified atom stereocenters. The van der Waals surface area contributed by atoms with Crippen LogP contribution in [0.2, 0.25) is 0 Å². The van der Waals surface area contributed by atoms with E-state index in [1.54, 1.807) is 0 Å². The number of hydrogen-bond acceptors (Lipinski definition) is 2. The lowest BCUT2D eigenvalue weighted by atomic mass is 10.0. The Morgan fingerprint density at radius 3 is 1.74 bits per heavy atom. The molecule has 0 saturated heterocycles. The van der Waals surface area contributed by atoms with Crippen LogP contribution in [0.15, 0.2) is 24.5 Å². The summed E-state index contributed by atoms with van der Waals surface area (Å²) < 4.78 is 0. The summed E-state index contributed by atoms with van der Waals surface area (Å²) in [5.41, 5.74) is 6.88. The third-order valence-corrected chi connectivity index (χ3v) is 3.17. The molecule has 0 amide bonds. The second kappa shape index (κ2) is 15.7. The van der Waals surface area contributed by atoms with E-state index in [1.165, 1.54) is 63.4 Å². The average Bonchev–Trinajstić information content (AvgIpc) is 2.38. The van der Waals surface area contributed by atoms with Crippen LogP contribution < -0.4 is 5.73 Å². The zero-order valence-corrected chi connectivity index (χ0v) is 13.4. The molecule has 0 aliphatic rings. The van der Waals surface area contributed by atoms with Crippen molar-refractivity contribution in [1.82, 2.24) is 4.98 Å². The van der Waals surface area contributed by atoms with E-state index in [-0.39, 0.29) is 24.8 Å². The van der Waals surface area contributed by atoms with Crippen LogP contribution in [0.3, 0.4) is 0 Å². The van der Waals surface area contributed by atoms with Crippen molar-refractivity contribution in [1.29, 1.82) is 0 Å². The number of unbranched alkanes of at least 4 members (excludes halogenated alkanes) is 7. The SMILES string of the molecule is Cl.Cl.NCCCCCCCCCCc1ccncc1. The lowest BCUT2D eigenvalue weighted by molar-refractivity contribution is 0.570. The molecule has 4 heteroatoms. The Bertz CT molecular complexity index is 268. The lowest BCUT2D eigenvalue weighted by Crippen LogP contribution is -1.97. The molecule has 0 aliphatic heterocycles. The normalized spacial score (nSPS) is 9.53. The lowest BCUT2D eigenvalue weighted by Gasteiger charge is -2.02. The van der Waals surface area contributed by atoms with Gasteiger partial charge >= 0.3 is 0 Å². The molecule has 1 aromatic rings. The van der Waals surface area contributed by atoms with Crippen LogP contribution in [0, 0.1) is 0 Å². The third-order valence-electron chi connectivity index (χ3n) is 3.17. The van der Waals surface area contributed by atoms with Gasteiger partial charge in [0, 0.05) is 12.4 Å². The van der Waals surface area contributed by atoms with Crippen molar-refractivity contribution in [3.8, 4) is 0 Å². The minimum Gasteiger partial charge on any atom is -0.330 e. The summed E-state index contributed by atoms with van der Waals surface area (Å²) in [5, 5.41) is 0. The standard InChI is InChI=1S/C15H26N2.2ClH/c16-12-8-6-4-2-1-3-5-7-9-15-10-13-17-14-11-15;;/h10-11,13-14H,1-9,12,16H2;2*1H. The first kappa shape index (κ1) is 21.0. The number of rotatable bonds is 10. The maximum absolute atomic E-state index is 5.46. The minimum atomic E-state index is 0. The Morgan fingerprint density at radius 2 is 1.21 bits per heavy atom. The molecule has 2 nitrogen and oxygen atoms in total. The zero-order valence-electron chi connectivity index (χ0n) is 11.7. The number of pyridine rings is 1. The van der Waals surface area contributed by atoms with Crippen LogP contribution in [-0.2, 0) is 6.42 Å². The number of aryl methyl sites for hydroxylation is 1. The summed E-state index contributed by atoms with van der Waals surface area (Å²) in [7, 11) is 0. The second-order valence-electron chi connectivity index (χ2n) is 4.72. The molecule has 0 bridgehead atoms. The number of aromatic nitrogens is 1. The highest BCUT2D eigenvalue weighted by Crippen LogP contribution is 2.10. The van der Waals surface area contributed by atoms with E-state index in [1.807, 2.05) is 12.4 Å². The maximum atomic E-state index is 5.46. The average molecular weight is 307 g/mol. The minimum absolute atomic E-state index is 0. The Kier molecular flexibility index (Phi) is 17.4. The second-order valence-corrected chi connectivity index (χ2v) is 4.72. The van der Waals surface area contributed by atoms with Gasteiger partial charge in [-0.25, -0.2) is 0 Å². The fraction of sp³-hybridized carbons (Fsp3) is 0.667. The number of halogens is 2. The van der Waals surface area contributed by atoms with Gasteiger partial charge in [0.1, 0.15) is 0 Å². The summed E-state index contributed by atoms with van der Waals surface area (Å²) in [5.74, 6) is 0.